The maximum atomic E-state index is 12.5. The molecule has 0 bridgehead atoms. The van der Waals surface area contributed by atoms with Gasteiger partial charge in [0.05, 0.1) is 0 Å². The lowest BCUT2D eigenvalue weighted by Crippen LogP contribution is -2.39. The highest BCUT2D eigenvalue weighted by molar-refractivity contribution is 5.94. The Morgan fingerprint density at radius 2 is 1.82 bits per heavy atom. The summed E-state index contributed by atoms with van der Waals surface area (Å²) in [6.45, 7) is 6.03. The van der Waals surface area contributed by atoms with Crippen molar-refractivity contribution in [2.45, 2.75) is 51.3 Å². The average molecular weight is 447 g/mol. The number of aryl methyl sites for hydroxylation is 1. The van der Waals surface area contributed by atoms with Crippen LogP contribution in [0.5, 0.6) is 5.75 Å². The summed E-state index contributed by atoms with van der Waals surface area (Å²) in [6.07, 6.45) is 7.93. The van der Waals surface area contributed by atoms with Crippen LogP contribution in [0.2, 0.25) is 0 Å². The zero-order chi connectivity index (χ0) is 22.9. The van der Waals surface area contributed by atoms with Crippen LogP contribution < -0.4 is 10.1 Å². The third kappa shape index (κ3) is 7.19. The number of nitrogens with zero attached hydrogens (tertiary/aromatic N) is 3. The lowest BCUT2D eigenvalue weighted by Gasteiger charge is -2.32. The monoisotopic (exact) mass is 446 g/mol. The minimum Gasteiger partial charge on any atom is -0.490 e. The molecule has 1 fully saturated rings. The molecule has 1 atom stereocenters. The number of benzene rings is 2. The summed E-state index contributed by atoms with van der Waals surface area (Å²) in [6, 6.07) is 20.2. The highest BCUT2D eigenvalue weighted by Crippen LogP contribution is 2.20. The van der Waals surface area contributed by atoms with E-state index in [1.54, 1.807) is 6.20 Å². The van der Waals surface area contributed by atoms with E-state index >= 15 is 0 Å². The fourth-order valence-corrected chi connectivity index (χ4v) is 4.20. The van der Waals surface area contributed by atoms with Crippen LogP contribution in [0.3, 0.4) is 0 Å². The van der Waals surface area contributed by atoms with Crippen molar-refractivity contribution in [3.8, 4) is 5.75 Å². The van der Waals surface area contributed by atoms with Crippen LogP contribution in [0, 0.1) is 0 Å². The number of carbonyl (C=O) groups is 1. The third-order valence-electron chi connectivity index (χ3n) is 6.24. The molecule has 4 rings (SSSR count). The Hall–Kier alpha value is -3.12. The van der Waals surface area contributed by atoms with Gasteiger partial charge in [0, 0.05) is 50.2 Å². The average Bonchev–Trinajstić information content (AvgIpc) is 3.37. The van der Waals surface area contributed by atoms with Gasteiger partial charge in [-0.1, -0.05) is 30.3 Å². The summed E-state index contributed by atoms with van der Waals surface area (Å²) in [7, 11) is 0. The molecule has 3 aromatic rings. The molecule has 1 aliphatic rings. The van der Waals surface area contributed by atoms with Gasteiger partial charge >= 0.3 is 0 Å². The summed E-state index contributed by atoms with van der Waals surface area (Å²) < 4.78 is 8.07. The molecule has 33 heavy (non-hydrogen) atoms. The van der Waals surface area contributed by atoms with Gasteiger partial charge in [0.25, 0.3) is 5.91 Å². The molecule has 0 saturated carbocycles. The van der Waals surface area contributed by atoms with Gasteiger partial charge in [0.1, 0.15) is 11.9 Å². The number of hydrogen-bond acceptors (Lipinski definition) is 4. The minimum absolute atomic E-state index is 0.0544. The first-order chi connectivity index (χ1) is 16.2. The molecule has 1 saturated heterocycles. The zero-order valence-electron chi connectivity index (χ0n) is 19.4. The number of rotatable bonds is 10. The summed E-state index contributed by atoms with van der Waals surface area (Å²) in [4.78, 5) is 15.1. The van der Waals surface area contributed by atoms with Crippen molar-refractivity contribution in [2.24, 2.45) is 0 Å². The second-order valence-corrected chi connectivity index (χ2v) is 8.85. The van der Waals surface area contributed by atoms with Gasteiger partial charge in [0.2, 0.25) is 0 Å². The number of piperidine rings is 1. The van der Waals surface area contributed by atoms with E-state index in [1.807, 2.05) is 48.1 Å². The Morgan fingerprint density at radius 3 is 2.52 bits per heavy atom. The standard InChI is InChI=1S/C27H34N4O2/c1-22(12-21-31-17-5-16-28-31)29-27(32)24-8-10-25(11-9-24)33-26-14-19-30(20-15-26)18-13-23-6-3-2-4-7-23/h2-11,16-17,22,26H,12-15,18-21H2,1H3,(H,29,32)/t22-/m1/s1. The number of carbonyl (C=O) groups excluding carboxylic acids is 1. The molecule has 174 valence electrons. The van der Waals surface area contributed by atoms with Crippen molar-refractivity contribution in [2.75, 3.05) is 19.6 Å². The fraction of sp³-hybridized carbons (Fsp3) is 0.407. The summed E-state index contributed by atoms with van der Waals surface area (Å²) >= 11 is 0. The van der Waals surface area contributed by atoms with Crippen LogP contribution in [-0.2, 0) is 13.0 Å². The number of ether oxygens (including phenoxy) is 1. The Balaban J connectivity index is 1.17. The minimum atomic E-state index is -0.0544. The number of amides is 1. The quantitative estimate of drug-likeness (QED) is 0.508. The maximum Gasteiger partial charge on any atom is 0.251 e. The van der Waals surface area contributed by atoms with Gasteiger partial charge in [-0.05, 0) is 68.5 Å². The molecular weight excluding hydrogens is 412 g/mol. The van der Waals surface area contributed by atoms with E-state index in [2.05, 4.69) is 45.6 Å². The largest absolute Gasteiger partial charge is 0.490 e. The number of hydrogen-bond donors (Lipinski definition) is 1. The summed E-state index contributed by atoms with van der Waals surface area (Å²) in [5, 5.41) is 7.26. The van der Waals surface area contributed by atoms with E-state index in [1.165, 1.54) is 5.56 Å². The highest BCUT2D eigenvalue weighted by atomic mass is 16.5. The van der Waals surface area contributed by atoms with Crippen molar-refractivity contribution in [3.63, 3.8) is 0 Å². The predicted octanol–water partition coefficient (Wildman–Crippen LogP) is 4.18. The van der Waals surface area contributed by atoms with Gasteiger partial charge in [-0.3, -0.25) is 9.48 Å². The van der Waals surface area contributed by atoms with Crippen LogP contribution in [0.25, 0.3) is 0 Å². The normalized spacial score (nSPS) is 15.8. The molecule has 0 radical (unpaired) electrons. The van der Waals surface area contributed by atoms with E-state index < -0.39 is 0 Å². The molecule has 1 amide bonds. The van der Waals surface area contributed by atoms with E-state index in [0.29, 0.717) is 5.56 Å². The number of aromatic nitrogens is 2. The highest BCUT2D eigenvalue weighted by Gasteiger charge is 2.20. The van der Waals surface area contributed by atoms with Crippen molar-refractivity contribution < 1.29 is 9.53 Å². The van der Waals surface area contributed by atoms with Crippen LogP contribution in [0.4, 0.5) is 0 Å². The summed E-state index contributed by atoms with van der Waals surface area (Å²) in [5.74, 6) is 0.780. The van der Waals surface area contributed by atoms with Crippen LogP contribution in [-0.4, -0.2) is 52.4 Å². The smallest absolute Gasteiger partial charge is 0.251 e. The second kappa shape index (κ2) is 11.7. The van der Waals surface area contributed by atoms with Gasteiger partial charge in [-0.25, -0.2) is 0 Å². The van der Waals surface area contributed by atoms with E-state index in [-0.39, 0.29) is 18.1 Å². The Bertz CT molecular complexity index is 965. The maximum absolute atomic E-state index is 12.5. The zero-order valence-corrected chi connectivity index (χ0v) is 19.4. The van der Waals surface area contributed by atoms with E-state index in [0.717, 1.165) is 57.6 Å². The molecule has 2 aromatic carbocycles. The Labute approximate surface area is 196 Å². The molecular formula is C27H34N4O2. The van der Waals surface area contributed by atoms with Gasteiger partial charge in [0.15, 0.2) is 0 Å². The molecule has 1 aromatic heterocycles. The molecule has 6 nitrogen and oxygen atoms in total. The first kappa shape index (κ1) is 23.1. The molecule has 6 heteroatoms. The predicted molar refractivity (Wildman–Crippen MR) is 130 cm³/mol. The SMILES string of the molecule is C[C@H](CCn1cccn1)NC(=O)c1ccc(OC2CCN(CCc3ccccc3)CC2)cc1. The molecule has 1 aliphatic heterocycles. The van der Waals surface area contributed by atoms with E-state index in [9.17, 15) is 4.79 Å². The first-order valence-electron chi connectivity index (χ1n) is 12.0. The Kier molecular flexibility index (Phi) is 8.14. The molecule has 0 unspecified atom stereocenters. The number of nitrogens with one attached hydrogen (secondary N) is 1. The molecule has 0 spiro atoms. The molecule has 1 N–H and O–H groups in total. The number of likely N-dealkylation sites (tertiary alicyclic amines) is 1. The van der Waals surface area contributed by atoms with Crippen molar-refractivity contribution in [1.82, 2.24) is 20.0 Å². The van der Waals surface area contributed by atoms with Crippen molar-refractivity contribution >= 4 is 5.91 Å². The van der Waals surface area contributed by atoms with Gasteiger partial charge in [-0.15, -0.1) is 0 Å². The molecule has 0 aliphatic carbocycles. The van der Waals surface area contributed by atoms with Crippen LogP contribution in [0.1, 0.15) is 42.1 Å². The molecule has 2 heterocycles. The second-order valence-electron chi connectivity index (χ2n) is 8.85. The summed E-state index contributed by atoms with van der Waals surface area (Å²) in [5.41, 5.74) is 2.05. The lowest BCUT2D eigenvalue weighted by molar-refractivity contribution is 0.0936. The van der Waals surface area contributed by atoms with Gasteiger partial charge in [-0.2, -0.15) is 5.10 Å². The van der Waals surface area contributed by atoms with E-state index in [4.69, 9.17) is 4.74 Å². The lowest BCUT2D eigenvalue weighted by atomic mass is 10.1. The van der Waals surface area contributed by atoms with Crippen molar-refractivity contribution in [3.05, 3.63) is 84.2 Å². The van der Waals surface area contributed by atoms with Gasteiger partial charge < -0.3 is 15.0 Å². The first-order valence-corrected chi connectivity index (χ1v) is 12.0. The van der Waals surface area contributed by atoms with Crippen molar-refractivity contribution in [1.29, 1.82) is 0 Å². The van der Waals surface area contributed by atoms with Crippen LogP contribution >= 0.6 is 0 Å². The topological polar surface area (TPSA) is 59.4 Å². The van der Waals surface area contributed by atoms with Crippen LogP contribution in [0.15, 0.2) is 73.1 Å². The fourth-order valence-electron chi connectivity index (χ4n) is 4.20. The Morgan fingerprint density at radius 1 is 1.06 bits per heavy atom. The third-order valence-corrected chi connectivity index (χ3v) is 6.24.